The summed E-state index contributed by atoms with van der Waals surface area (Å²) in [4.78, 5) is 0. The van der Waals surface area contributed by atoms with Crippen molar-refractivity contribution >= 4 is 0 Å². The van der Waals surface area contributed by atoms with Gasteiger partial charge in [0, 0.05) is 13.2 Å². The second-order valence-electron chi connectivity index (χ2n) is 11.6. The van der Waals surface area contributed by atoms with Crippen LogP contribution in [-0.4, -0.2) is 23.4 Å². The van der Waals surface area contributed by atoms with Gasteiger partial charge in [-0.3, -0.25) is 0 Å². The molecule has 0 radical (unpaired) electrons. The molecule has 1 aliphatic carbocycles. The lowest BCUT2D eigenvalue weighted by Gasteiger charge is -2.36. The van der Waals surface area contributed by atoms with Gasteiger partial charge >= 0.3 is 0 Å². The zero-order chi connectivity index (χ0) is 26.9. The molecule has 0 saturated heterocycles. The van der Waals surface area contributed by atoms with Gasteiger partial charge < -0.3 is 10.2 Å². The number of rotatable bonds is 17. The quantitative estimate of drug-likeness (QED) is 0.197. The Kier molecular flexibility index (Phi) is 16.7. The molecule has 0 aliphatic heterocycles. The van der Waals surface area contributed by atoms with Gasteiger partial charge in [0.15, 0.2) is 0 Å². The normalized spacial score (nSPS) is 20.7. The summed E-state index contributed by atoms with van der Waals surface area (Å²) in [5.41, 5.74) is 8.47. The maximum Gasteiger partial charge on any atom is 0.0468 e. The predicted molar refractivity (Wildman–Crippen MR) is 159 cm³/mol. The average Bonchev–Trinajstić information content (AvgIpc) is 2.81. The van der Waals surface area contributed by atoms with Crippen LogP contribution < -0.4 is 0 Å². The molecule has 1 rings (SSSR count). The molecule has 0 spiro atoms. The van der Waals surface area contributed by atoms with Gasteiger partial charge in [-0.05, 0) is 130 Å². The molecule has 0 aromatic heterocycles. The maximum absolute atomic E-state index is 10.1. The molecule has 0 amide bonds. The number of aliphatic hydroxyl groups excluding tert-OH is 2. The number of hydrogen-bond donors (Lipinski definition) is 2. The summed E-state index contributed by atoms with van der Waals surface area (Å²) < 4.78 is 0. The third kappa shape index (κ3) is 14.2. The van der Waals surface area contributed by atoms with Crippen molar-refractivity contribution in [2.24, 2.45) is 17.8 Å². The molecular formula is C34H56O2. The fourth-order valence-corrected chi connectivity index (χ4v) is 5.20. The van der Waals surface area contributed by atoms with E-state index in [2.05, 4.69) is 78.5 Å². The smallest absolute Gasteiger partial charge is 0.0468 e. The fraction of sp³-hybridized carbons (Fsp3) is 0.647. The van der Waals surface area contributed by atoms with Gasteiger partial charge in [-0.1, -0.05) is 70.4 Å². The van der Waals surface area contributed by atoms with E-state index in [1.54, 1.807) is 0 Å². The molecule has 2 heteroatoms. The Morgan fingerprint density at radius 1 is 0.778 bits per heavy atom. The third-order valence-electron chi connectivity index (χ3n) is 7.54. The standard InChI is InChI=1S/C34H56O2/c1-26(2)12-8-14-28(5)16-10-17-30(7)20-21-32-22-31(23-33(24-35)34(32)25-36)19-11-18-29(6)15-9-13-27(3)4/h12-13,16,18,22,32-36H,7-11,14-15,17,19-21,23-25H2,1-6H3/b28-16+,29-18+/t32-,33?,34?/m1/s1. The third-order valence-corrected chi connectivity index (χ3v) is 7.54. The molecular weight excluding hydrogens is 440 g/mol. The van der Waals surface area contributed by atoms with Crippen LogP contribution in [0, 0.1) is 17.8 Å². The maximum atomic E-state index is 10.1. The van der Waals surface area contributed by atoms with Crippen LogP contribution in [0.25, 0.3) is 0 Å². The molecule has 0 saturated carbocycles. The Morgan fingerprint density at radius 2 is 1.33 bits per heavy atom. The highest BCUT2D eigenvalue weighted by atomic mass is 16.3. The van der Waals surface area contributed by atoms with E-state index in [1.807, 2.05) is 0 Å². The number of allylic oxidation sites excluding steroid dienone is 11. The van der Waals surface area contributed by atoms with E-state index in [0.29, 0.717) is 5.92 Å². The molecule has 0 aromatic rings. The Balaban J connectivity index is 2.60. The summed E-state index contributed by atoms with van der Waals surface area (Å²) in [7, 11) is 0. The fourth-order valence-electron chi connectivity index (χ4n) is 5.20. The van der Waals surface area contributed by atoms with Crippen molar-refractivity contribution in [1.82, 2.24) is 0 Å². The predicted octanol–water partition coefficient (Wildman–Crippen LogP) is 9.43. The van der Waals surface area contributed by atoms with Gasteiger partial charge in [0.1, 0.15) is 0 Å². The number of aliphatic hydroxyl groups is 2. The molecule has 1 aliphatic rings. The van der Waals surface area contributed by atoms with Crippen LogP contribution in [0.4, 0.5) is 0 Å². The summed E-state index contributed by atoms with van der Waals surface area (Å²) in [6, 6.07) is 0. The monoisotopic (exact) mass is 496 g/mol. The first-order chi connectivity index (χ1) is 17.2. The lowest BCUT2D eigenvalue weighted by Crippen LogP contribution is -2.32. The highest BCUT2D eigenvalue weighted by Crippen LogP contribution is 2.38. The lowest BCUT2D eigenvalue weighted by molar-refractivity contribution is 0.0819. The van der Waals surface area contributed by atoms with E-state index in [9.17, 15) is 10.2 Å². The van der Waals surface area contributed by atoms with Crippen molar-refractivity contribution in [1.29, 1.82) is 0 Å². The van der Waals surface area contributed by atoms with Crippen LogP contribution in [-0.2, 0) is 0 Å². The van der Waals surface area contributed by atoms with Crippen molar-refractivity contribution in [2.75, 3.05) is 13.2 Å². The largest absolute Gasteiger partial charge is 0.396 e. The Morgan fingerprint density at radius 3 is 1.86 bits per heavy atom. The van der Waals surface area contributed by atoms with E-state index < -0.39 is 0 Å². The van der Waals surface area contributed by atoms with Gasteiger partial charge in [-0.2, -0.15) is 0 Å². The first-order valence-electron chi connectivity index (χ1n) is 14.3. The van der Waals surface area contributed by atoms with Crippen LogP contribution >= 0.6 is 0 Å². The zero-order valence-electron chi connectivity index (χ0n) is 24.4. The minimum atomic E-state index is 0.156. The highest BCUT2D eigenvalue weighted by molar-refractivity contribution is 5.15. The van der Waals surface area contributed by atoms with E-state index in [4.69, 9.17) is 0 Å². The van der Waals surface area contributed by atoms with E-state index in [-0.39, 0.29) is 25.0 Å². The summed E-state index contributed by atoms with van der Waals surface area (Å²) in [6.45, 7) is 17.8. The van der Waals surface area contributed by atoms with Crippen LogP contribution in [0.2, 0.25) is 0 Å². The molecule has 0 aromatic carbocycles. The molecule has 2 unspecified atom stereocenters. The molecule has 0 bridgehead atoms. The van der Waals surface area contributed by atoms with Crippen molar-refractivity contribution in [2.45, 2.75) is 112 Å². The van der Waals surface area contributed by atoms with E-state index in [0.717, 1.165) is 70.6 Å². The van der Waals surface area contributed by atoms with E-state index >= 15 is 0 Å². The summed E-state index contributed by atoms with van der Waals surface area (Å²) >= 11 is 0. The van der Waals surface area contributed by atoms with Gasteiger partial charge in [-0.25, -0.2) is 0 Å². The molecule has 0 heterocycles. The van der Waals surface area contributed by atoms with E-state index in [1.165, 1.54) is 33.4 Å². The minimum Gasteiger partial charge on any atom is -0.396 e. The highest BCUT2D eigenvalue weighted by Gasteiger charge is 2.32. The minimum absolute atomic E-state index is 0.156. The van der Waals surface area contributed by atoms with Gasteiger partial charge in [0.25, 0.3) is 0 Å². The number of hydrogen-bond acceptors (Lipinski definition) is 2. The van der Waals surface area contributed by atoms with Crippen molar-refractivity contribution in [3.8, 4) is 0 Å². The summed E-state index contributed by atoms with van der Waals surface area (Å²) in [5.74, 6) is 0.657. The Bertz CT molecular complexity index is 797. The second-order valence-corrected chi connectivity index (χ2v) is 11.6. The lowest BCUT2D eigenvalue weighted by atomic mass is 9.71. The molecule has 2 N–H and O–H groups in total. The Labute approximate surface area is 223 Å². The van der Waals surface area contributed by atoms with Crippen molar-refractivity contribution < 1.29 is 10.2 Å². The summed E-state index contributed by atoms with van der Waals surface area (Å²) in [5, 5.41) is 20.1. The summed E-state index contributed by atoms with van der Waals surface area (Å²) in [6.07, 6.45) is 23.5. The first-order valence-corrected chi connectivity index (χ1v) is 14.3. The topological polar surface area (TPSA) is 40.5 Å². The SMILES string of the molecule is C=C(CC/C=C(\C)CCC=C(C)C)CC[C@@H]1C=C(CC/C=C(\C)CCC=C(C)C)CC(CO)C1CO. The molecule has 204 valence electrons. The van der Waals surface area contributed by atoms with Crippen molar-refractivity contribution in [3.63, 3.8) is 0 Å². The first kappa shape index (κ1) is 32.4. The van der Waals surface area contributed by atoms with Gasteiger partial charge in [-0.15, -0.1) is 0 Å². The average molecular weight is 497 g/mol. The van der Waals surface area contributed by atoms with Crippen LogP contribution in [0.15, 0.2) is 70.4 Å². The molecule has 3 atom stereocenters. The van der Waals surface area contributed by atoms with Gasteiger partial charge in [0.05, 0.1) is 0 Å². The molecule has 2 nitrogen and oxygen atoms in total. The van der Waals surface area contributed by atoms with Crippen LogP contribution in [0.1, 0.15) is 112 Å². The van der Waals surface area contributed by atoms with Crippen LogP contribution in [0.3, 0.4) is 0 Å². The van der Waals surface area contributed by atoms with Crippen LogP contribution in [0.5, 0.6) is 0 Å². The second kappa shape index (κ2) is 18.6. The van der Waals surface area contributed by atoms with Gasteiger partial charge in [0.2, 0.25) is 0 Å². The molecule has 0 fully saturated rings. The molecule has 36 heavy (non-hydrogen) atoms. The Hall–Kier alpha value is -1.64. The van der Waals surface area contributed by atoms with Crippen molar-refractivity contribution in [3.05, 3.63) is 70.4 Å². The zero-order valence-corrected chi connectivity index (χ0v) is 24.4.